The van der Waals surface area contributed by atoms with Crippen LogP contribution in [0.15, 0.2) is 36.5 Å². The summed E-state index contributed by atoms with van der Waals surface area (Å²) in [5.41, 5.74) is 0.992. The zero-order chi connectivity index (χ0) is 14.5. The minimum absolute atomic E-state index is 0.00209. The maximum Gasteiger partial charge on any atom is 0.277 e. The molecular weight excluding hydrogens is 303 g/mol. The normalized spacial score (nSPS) is 10.3. The lowest BCUT2D eigenvalue weighted by atomic mass is 10.2. The third-order valence-electron chi connectivity index (χ3n) is 2.61. The van der Waals surface area contributed by atoms with Gasteiger partial charge in [0.15, 0.2) is 0 Å². The van der Waals surface area contributed by atoms with Crippen molar-refractivity contribution in [2.24, 2.45) is 0 Å². The van der Waals surface area contributed by atoms with Crippen molar-refractivity contribution in [1.82, 2.24) is 4.98 Å². The Kier molecular flexibility index (Phi) is 4.76. The molecule has 7 heteroatoms. The number of rotatable bonds is 5. The van der Waals surface area contributed by atoms with Gasteiger partial charge in [-0.15, -0.1) is 11.6 Å². The lowest BCUT2D eigenvalue weighted by Gasteiger charge is -2.08. The van der Waals surface area contributed by atoms with E-state index in [9.17, 15) is 10.1 Å². The molecule has 0 N–H and O–H groups in total. The smallest absolute Gasteiger partial charge is 0.277 e. The van der Waals surface area contributed by atoms with Crippen molar-refractivity contribution < 1.29 is 9.66 Å². The van der Waals surface area contributed by atoms with Crippen LogP contribution >= 0.6 is 23.2 Å². The summed E-state index contributed by atoms with van der Waals surface area (Å²) >= 11 is 11.6. The highest BCUT2D eigenvalue weighted by Gasteiger charge is 2.17. The molecule has 0 saturated carbocycles. The van der Waals surface area contributed by atoms with Crippen LogP contribution < -0.4 is 4.74 Å². The van der Waals surface area contributed by atoms with Crippen molar-refractivity contribution in [1.29, 1.82) is 0 Å². The summed E-state index contributed by atoms with van der Waals surface area (Å²) in [6, 6.07) is 7.93. The van der Waals surface area contributed by atoms with E-state index in [2.05, 4.69) is 4.98 Å². The Hall–Kier alpha value is -1.85. The molecule has 0 saturated heterocycles. The maximum atomic E-state index is 10.9. The van der Waals surface area contributed by atoms with Crippen molar-refractivity contribution >= 4 is 28.9 Å². The van der Waals surface area contributed by atoms with Crippen LogP contribution in [0.5, 0.6) is 5.75 Å². The van der Waals surface area contributed by atoms with Crippen molar-refractivity contribution in [2.45, 2.75) is 12.5 Å². The Balaban J connectivity index is 2.16. The van der Waals surface area contributed by atoms with Gasteiger partial charge in [0.05, 0.1) is 33.3 Å². The van der Waals surface area contributed by atoms with Crippen molar-refractivity contribution in [3.05, 3.63) is 62.9 Å². The van der Waals surface area contributed by atoms with E-state index in [0.29, 0.717) is 22.2 Å². The van der Waals surface area contributed by atoms with Gasteiger partial charge in [-0.05, 0) is 18.2 Å². The molecule has 0 aliphatic carbocycles. The van der Waals surface area contributed by atoms with Gasteiger partial charge in [-0.1, -0.05) is 17.7 Å². The van der Waals surface area contributed by atoms with Gasteiger partial charge in [0.25, 0.3) is 5.69 Å². The van der Waals surface area contributed by atoms with Crippen LogP contribution in [0.25, 0.3) is 0 Å². The molecule has 1 aromatic carbocycles. The van der Waals surface area contributed by atoms with Gasteiger partial charge in [-0.2, -0.15) is 0 Å². The number of nitro groups is 1. The first-order chi connectivity index (χ1) is 9.61. The lowest BCUT2D eigenvalue weighted by Crippen LogP contribution is -2.02. The molecule has 5 nitrogen and oxygen atoms in total. The van der Waals surface area contributed by atoms with Gasteiger partial charge in [-0.3, -0.25) is 15.1 Å². The fraction of sp³-hybridized carbons (Fsp3) is 0.154. The fourth-order valence-electron chi connectivity index (χ4n) is 1.59. The highest BCUT2D eigenvalue weighted by molar-refractivity contribution is 6.31. The SMILES string of the molecule is O=[N+]([O-])c1cccc(Cl)c1COc1ccc(CCl)nc1. The molecule has 0 unspecified atom stereocenters. The van der Waals surface area contributed by atoms with E-state index in [1.807, 2.05) is 0 Å². The van der Waals surface area contributed by atoms with E-state index in [-0.39, 0.29) is 12.3 Å². The summed E-state index contributed by atoms with van der Waals surface area (Å²) in [5.74, 6) is 0.809. The van der Waals surface area contributed by atoms with Gasteiger partial charge in [0, 0.05) is 6.07 Å². The molecule has 1 aromatic heterocycles. The first-order valence-electron chi connectivity index (χ1n) is 5.67. The summed E-state index contributed by atoms with van der Waals surface area (Å²) in [6.45, 7) is -0.00209. The average molecular weight is 313 g/mol. The quantitative estimate of drug-likeness (QED) is 0.476. The largest absolute Gasteiger partial charge is 0.487 e. The zero-order valence-electron chi connectivity index (χ0n) is 10.3. The number of halogens is 2. The van der Waals surface area contributed by atoms with Gasteiger partial charge in [0.1, 0.15) is 12.4 Å². The van der Waals surface area contributed by atoms with Crippen LogP contribution in [-0.4, -0.2) is 9.91 Å². The Bertz CT molecular complexity index is 618. The predicted molar refractivity (Wildman–Crippen MR) is 76.2 cm³/mol. The van der Waals surface area contributed by atoms with Gasteiger partial charge < -0.3 is 4.74 Å². The number of hydrogen-bond donors (Lipinski definition) is 0. The molecule has 0 aliphatic rings. The van der Waals surface area contributed by atoms with E-state index in [4.69, 9.17) is 27.9 Å². The molecule has 0 bridgehead atoms. The Morgan fingerprint density at radius 1 is 1.30 bits per heavy atom. The molecule has 0 amide bonds. The first-order valence-corrected chi connectivity index (χ1v) is 6.58. The average Bonchev–Trinajstić information content (AvgIpc) is 2.46. The summed E-state index contributed by atoms with van der Waals surface area (Å²) in [4.78, 5) is 14.5. The van der Waals surface area contributed by atoms with Crippen LogP contribution in [-0.2, 0) is 12.5 Å². The van der Waals surface area contributed by atoms with Crippen molar-refractivity contribution in [3.63, 3.8) is 0 Å². The third kappa shape index (κ3) is 3.37. The van der Waals surface area contributed by atoms with Crippen LogP contribution in [0.4, 0.5) is 5.69 Å². The Morgan fingerprint density at radius 2 is 2.10 bits per heavy atom. The molecule has 20 heavy (non-hydrogen) atoms. The van der Waals surface area contributed by atoms with Crippen LogP contribution in [0.3, 0.4) is 0 Å². The summed E-state index contributed by atoms with van der Waals surface area (Å²) in [6.07, 6.45) is 1.51. The summed E-state index contributed by atoms with van der Waals surface area (Å²) in [7, 11) is 0. The molecule has 2 rings (SSSR count). The summed E-state index contributed by atoms with van der Waals surface area (Å²) < 4.78 is 5.47. The second-order valence-corrected chi connectivity index (χ2v) is 4.58. The molecule has 104 valence electrons. The van der Waals surface area contributed by atoms with E-state index in [0.717, 1.165) is 5.69 Å². The second kappa shape index (κ2) is 6.54. The molecule has 0 fully saturated rings. The molecule has 2 aromatic rings. The molecule has 0 radical (unpaired) electrons. The summed E-state index contributed by atoms with van der Waals surface area (Å²) in [5, 5.41) is 11.2. The van der Waals surface area contributed by atoms with Crippen molar-refractivity contribution in [3.8, 4) is 5.75 Å². The number of alkyl halides is 1. The van der Waals surface area contributed by atoms with Crippen molar-refractivity contribution in [2.75, 3.05) is 0 Å². The van der Waals surface area contributed by atoms with Crippen LogP contribution in [0.1, 0.15) is 11.3 Å². The lowest BCUT2D eigenvalue weighted by molar-refractivity contribution is -0.385. The van der Waals surface area contributed by atoms with E-state index in [1.165, 1.54) is 18.3 Å². The number of nitrogens with zero attached hydrogens (tertiary/aromatic N) is 2. The minimum atomic E-state index is -0.487. The van der Waals surface area contributed by atoms with Gasteiger partial charge >= 0.3 is 0 Å². The highest BCUT2D eigenvalue weighted by Crippen LogP contribution is 2.27. The molecule has 0 spiro atoms. The third-order valence-corrected chi connectivity index (χ3v) is 3.24. The molecule has 1 heterocycles. The van der Waals surface area contributed by atoms with Gasteiger partial charge in [-0.25, -0.2) is 0 Å². The van der Waals surface area contributed by atoms with E-state index in [1.54, 1.807) is 18.2 Å². The monoisotopic (exact) mass is 312 g/mol. The van der Waals surface area contributed by atoms with E-state index >= 15 is 0 Å². The number of benzene rings is 1. The predicted octanol–water partition coefficient (Wildman–Crippen LogP) is 3.96. The zero-order valence-corrected chi connectivity index (χ0v) is 11.8. The second-order valence-electron chi connectivity index (χ2n) is 3.90. The number of nitro benzene ring substituents is 1. The number of aromatic nitrogens is 1. The molecular formula is C13H10Cl2N2O3. The number of pyridine rings is 1. The van der Waals surface area contributed by atoms with Crippen LogP contribution in [0.2, 0.25) is 5.02 Å². The maximum absolute atomic E-state index is 10.9. The Morgan fingerprint density at radius 3 is 2.70 bits per heavy atom. The molecule has 0 atom stereocenters. The topological polar surface area (TPSA) is 65.3 Å². The van der Waals surface area contributed by atoms with Crippen LogP contribution in [0, 0.1) is 10.1 Å². The minimum Gasteiger partial charge on any atom is -0.487 e. The first kappa shape index (κ1) is 14.6. The van der Waals surface area contributed by atoms with E-state index < -0.39 is 4.92 Å². The number of hydrogen-bond acceptors (Lipinski definition) is 4. The number of ether oxygens (including phenoxy) is 1. The fourth-order valence-corrected chi connectivity index (χ4v) is 1.97. The Labute approximate surface area is 125 Å². The highest BCUT2D eigenvalue weighted by atomic mass is 35.5. The standard InChI is InChI=1S/C13H10Cl2N2O3/c14-6-9-4-5-10(7-16-9)20-8-11-12(15)2-1-3-13(11)17(18)19/h1-5,7H,6,8H2. The molecule has 0 aliphatic heterocycles. The van der Waals surface area contributed by atoms with Gasteiger partial charge in [0.2, 0.25) is 0 Å².